The number of hydrogen-bond acceptors (Lipinski definition) is 9. The molecule has 10 nitrogen and oxygen atoms in total. The average Bonchev–Trinajstić information content (AvgIpc) is 3.43. The van der Waals surface area contributed by atoms with E-state index < -0.39 is 12.2 Å². The maximum absolute atomic E-state index is 13.9. The van der Waals surface area contributed by atoms with Gasteiger partial charge in [-0.3, -0.25) is 14.5 Å². The number of nitrogens with one attached hydrogen (secondary N) is 2. The zero-order valence-electron chi connectivity index (χ0n) is 28.9. The number of ether oxygens (including phenoxy) is 3. The molecule has 5 heterocycles. The number of pyridine rings is 2. The van der Waals surface area contributed by atoms with Crippen molar-refractivity contribution in [3.8, 4) is 22.6 Å². The molecular weight excluding hydrogens is 652 g/mol. The van der Waals surface area contributed by atoms with E-state index in [0.29, 0.717) is 59.7 Å². The van der Waals surface area contributed by atoms with Crippen molar-refractivity contribution >= 4 is 23.5 Å². The number of morpholine rings is 1. The Morgan fingerprint density at radius 1 is 1.12 bits per heavy atom. The molecule has 3 aliphatic heterocycles. The molecule has 1 amide bonds. The van der Waals surface area contributed by atoms with Gasteiger partial charge in [0.25, 0.3) is 23.7 Å². The summed E-state index contributed by atoms with van der Waals surface area (Å²) in [5.41, 5.74) is 3.41. The summed E-state index contributed by atoms with van der Waals surface area (Å²) in [6.45, 7) is 11.9. The first-order valence-electron chi connectivity index (χ1n) is 16.8. The minimum absolute atomic E-state index is 0.0510. The van der Waals surface area contributed by atoms with E-state index >= 15 is 0 Å². The number of benzene rings is 1. The lowest BCUT2D eigenvalue weighted by Gasteiger charge is -2.38. The highest BCUT2D eigenvalue weighted by Crippen LogP contribution is 2.52. The molecule has 3 aliphatic rings. The van der Waals surface area contributed by atoms with Crippen molar-refractivity contribution in [2.24, 2.45) is 5.92 Å². The summed E-state index contributed by atoms with van der Waals surface area (Å²) >= 11 is 1.45. The molecule has 2 saturated heterocycles. The number of alkyl halides is 2. The molecule has 2 N–H and O–H groups in total. The zero-order chi connectivity index (χ0) is 35.0. The SMILES string of the molecule is CSc1cc(C)[nH]c(=O)c1CNC(=O)c1cc(-c2ccc(N3CC(C)O[C@@H](C)C3)nc2)c2c(c1C)O[C@](C)(C1CCN(CC(F)F)CC1)O2. The van der Waals surface area contributed by atoms with Gasteiger partial charge in [-0.15, -0.1) is 11.8 Å². The van der Waals surface area contributed by atoms with Crippen LogP contribution in [-0.4, -0.2) is 84.2 Å². The summed E-state index contributed by atoms with van der Waals surface area (Å²) in [6.07, 6.45) is 2.73. The second-order valence-corrected chi connectivity index (χ2v) is 14.4. The quantitative estimate of drug-likeness (QED) is 0.269. The maximum Gasteiger partial charge on any atom is 0.254 e. The normalized spacial score (nSPS) is 22.9. The molecule has 1 aromatic carbocycles. The largest absolute Gasteiger partial charge is 0.448 e. The summed E-state index contributed by atoms with van der Waals surface area (Å²) in [4.78, 5) is 39.1. The highest BCUT2D eigenvalue weighted by Gasteiger charge is 2.47. The zero-order valence-corrected chi connectivity index (χ0v) is 29.7. The van der Waals surface area contributed by atoms with Gasteiger partial charge in [-0.05, 0) is 84.1 Å². The minimum Gasteiger partial charge on any atom is -0.448 e. The lowest BCUT2D eigenvalue weighted by Crippen LogP contribution is -2.49. The fourth-order valence-electron chi connectivity index (χ4n) is 7.23. The molecule has 0 aliphatic carbocycles. The topological polar surface area (TPSA) is 109 Å². The van der Waals surface area contributed by atoms with E-state index in [0.717, 1.165) is 35.1 Å². The van der Waals surface area contributed by atoms with Gasteiger partial charge in [0, 0.05) is 77.1 Å². The molecule has 3 aromatic rings. The number of amides is 1. The van der Waals surface area contributed by atoms with Crippen LogP contribution in [0.2, 0.25) is 0 Å². The van der Waals surface area contributed by atoms with Crippen LogP contribution in [0.25, 0.3) is 11.1 Å². The number of H-pyrrole nitrogens is 1. The molecule has 13 heteroatoms. The number of carbonyl (C=O) groups excluding carboxylic acids is 1. The minimum atomic E-state index is -2.38. The smallest absolute Gasteiger partial charge is 0.254 e. The first-order valence-corrected chi connectivity index (χ1v) is 18.1. The van der Waals surface area contributed by atoms with Crippen molar-refractivity contribution in [3.63, 3.8) is 0 Å². The monoisotopic (exact) mass is 697 g/mol. The number of anilines is 1. The third-order valence-corrected chi connectivity index (χ3v) is 10.5. The van der Waals surface area contributed by atoms with E-state index in [1.54, 1.807) is 17.2 Å². The summed E-state index contributed by atoms with van der Waals surface area (Å²) in [5, 5.41) is 2.96. The Morgan fingerprint density at radius 3 is 2.45 bits per heavy atom. The number of fused-ring (bicyclic) bond motifs is 1. The predicted octanol–water partition coefficient (Wildman–Crippen LogP) is 5.78. The van der Waals surface area contributed by atoms with Crippen LogP contribution in [0, 0.1) is 19.8 Å². The van der Waals surface area contributed by atoms with Gasteiger partial charge in [-0.2, -0.15) is 0 Å². The van der Waals surface area contributed by atoms with E-state index in [1.807, 2.05) is 59.1 Å². The van der Waals surface area contributed by atoms with Gasteiger partial charge in [0.05, 0.1) is 18.8 Å². The van der Waals surface area contributed by atoms with Crippen LogP contribution >= 0.6 is 11.8 Å². The molecule has 0 saturated carbocycles. The second kappa shape index (κ2) is 14.3. The van der Waals surface area contributed by atoms with Gasteiger partial charge < -0.3 is 29.4 Å². The number of aromatic amines is 1. The number of carbonyl (C=O) groups is 1. The van der Waals surface area contributed by atoms with Gasteiger partial charge in [0.1, 0.15) is 5.82 Å². The standard InChI is InChI=1S/C36H45F2N5O5S/c1-20-13-29(49-6)28(35(45)41-20)16-40-34(44)26-14-27(24-7-8-31(39-15-24)43-17-21(2)46-22(3)18-43)33-32(23(26)4)47-36(5,48-33)25-9-11-42(12-10-25)19-30(37)38/h7-8,13-15,21-22,25,30H,9-12,16-19H2,1-6H3,(H,40,44)(H,41,45)/t21-,22?,36-/m0/s1. The fraction of sp³-hybridized carbons (Fsp3) is 0.528. The first-order chi connectivity index (χ1) is 23.3. The molecule has 1 unspecified atom stereocenters. The molecule has 6 rings (SSSR count). The Hall–Kier alpha value is -3.68. The Labute approximate surface area is 289 Å². The fourth-order valence-corrected chi connectivity index (χ4v) is 7.94. The molecule has 2 fully saturated rings. The molecule has 49 heavy (non-hydrogen) atoms. The van der Waals surface area contributed by atoms with Crippen molar-refractivity contribution < 1.29 is 27.8 Å². The van der Waals surface area contributed by atoms with Crippen molar-refractivity contribution in [2.75, 3.05) is 43.9 Å². The van der Waals surface area contributed by atoms with Crippen LogP contribution < -0.4 is 25.2 Å². The van der Waals surface area contributed by atoms with Gasteiger partial charge in [0.15, 0.2) is 11.5 Å². The molecule has 264 valence electrons. The summed E-state index contributed by atoms with van der Waals surface area (Å²) in [7, 11) is 0. The lowest BCUT2D eigenvalue weighted by molar-refractivity contribution is -0.126. The van der Waals surface area contributed by atoms with Crippen LogP contribution in [0.4, 0.5) is 14.6 Å². The highest BCUT2D eigenvalue weighted by atomic mass is 32.2. The average molecular weight is 698 g/mol. The molecule has 0 spiro atoms. The van der Waals surface area contributed by atoms with Crippen LogP contribution in [0.3, 0.4) is 0 Å². The first kappa shape index (κ1) is 35.2. The number of likely N-dealkylation sites (tertiary alicyclic amines) is 1. The number of nitrogens with zero attached hydrogens (tertiary/aromatic N) is 3. The third-order valence-electron chi connectivity index (χ3n) is 9.74. The second-order valence-electron chi connectivity index (χ2n) is 13.5. The van der Waals surface area contributed by atoms with Gasteiger partial charge in [-0.25, -0.2) is 13.8 Å². The summed E-state index contributed by atoms with van der Waals surface area (Å²) in [5.74, 6) is 0.365. The molecule has 0 bridgehead atoms. The van der Waals surface area contributed by atoms with Gasteiger partial charge >= 0.3 is 0 Å². The summed E-state index contributed by atoms with van der Waals surface area (Å²) < 4.78 is 45.3. The van der Waals surface area contributed by atoms with Crippen LogP contribution in [0.5, 0.6) is 11.5 Å². The number of aromatic nitrogens is 2. The number of thioether (sulfide) groups is 1. The maximum atomic E-state index is 13.9. The van der Waals surface area contributed by atoms with Crippen molar-refractivity contribution in [1.82, 2.24) is 20.2 Å². The number of hydrogen-bond donors (Lipinski definition) is 2. The van der Waals surface area contributed by atoms with E-state index in [1.165, 1.54) is 11.8 Å². The number of aryl methyl sites for hydroxylation is 1. The Morgan fingerprint density at radius 2 is 1.82 bits per heavy atom. The van der Waals surface area contributed by atoms with Gasteiger partial charge in [-0.1, -0.05) is 0 Å². The van der Waals surface area contributed by atoms with E-state index in [4.69, 9.17) is 19.2 Å². The van der Waals surface area contributed by atoms with Gasteiger partial charge in [0.2, 0.25) is 0 Å². The van der Waals surface area contributed by atoms with Crippen molar-refractivity contribution in [2.45, 2.75) is 83.3 Å². The highest BCUT2D eigenvalue weighted by molar-refractivity contribution is 7.98. The van der Waals surface area contributed by atoms with Crippen LogP contribution in [0.15, 0.2) is 40.2 Å². The number of piperidine rings is 1. The lowest BCUT2D eigenvalue weighted by atomic mass is 9.89. The predicted molar refractivity (Wildman–Crippen MR) is 186 cm³/mol. The van der Waals surface area contributed by atoms with Crippen molar-refractivity contribution in [3.05, 3.63) is 63.2 Å². The molecule has 0 radical (unpaired) electrons. The number of rotatable bonds is 9. The molecule has 3 atom stereocenters. The van der Waals surface area contributed by atoms with E-state index in [9.17, 15) is 18.4 Å². The van der Waals surface area contributed by atoms with Crippen LogP contribution in [-0.2, 0) is 11.3 Å². The van der Waals surface area contributed by atoms with Crippen LogP contribution in [0.1, 0.15) is 60.8 Å². The molecule has 2 aromatic heterocycles. The van der Waals surface area contributed by atoms with E-state index in [2.05, 4.69) is 15.2 Å². The number of halogens is 2. The molecular formula is C36H45F2N5O5S. The Kier molecular flexibility index (Phi) is 10.2. The van der Waals surface area contributed by atoms with E-state index in [-0.39, 0.29) is 42.7 Å². The third kappa shape index (κ3) is 7.44. The van der Waals surface area contributed by atoms with Crippen molar-refractivity contribution in [1.29, 1.82) is 0 Å². The summed E-state index contributed by atoms with van der Waals surface area (Å²) in [6, 6.07) is 7.63. The Balaban J connectivity index is 1.32. The Bertz CT molecular complexity index is 1740.